The summed E-state index contributed by atoms with van der Waals surface area (Å²) in [7, 11) is 0. The number of aldehydes is 1. The molecule has 0 spiro atoms. The van der Waals surface area contributed by atoms with E-state index < -0.39 is 23.2 Å². The third kappa shape index (κ3) is 18.5. The molecule has 276 valence electrons. The van der Waals surface area contributed by atoms with Gasteiger partial charge in [0.05, 0.1) is 59.8 Å². The third-order valence-corrected chi connectivity index (χ3v) is 6.65. The summed E-state index contributed by atoms with van der Waals surface area (Å²) in [5, 5.41) is 19.4. The Labute approximate surface area is 307 Å². The number of phenolic OH excluding ortho intramolecular Hbond substituents is 1. The van der Waals surface area contributed by atoms with Crippen molar-refractivity contribution in [3.05, 3.63) is 81.2 Å². The molecule has 0 aliphatic heterocycles. The second kappa shape index (κ2) is 25.8. The molecule has 3 N–H and O–H groups in total. The molecule has 0 aliphatic rings. The highest BCUT2D eigenvalue weighted by Crippen LogP contribution is 2.25. The van der Waals surface area contributed by atoms with Crippen LogP contribution in [-0.2, 0) is 30.3 Å². The maximum atomic E-state index is 13.2. The highest BCUT2D eigenvalue weighted by molar-refractivity contribution is 7.80. The van der Waals surface area contributed by atoms with Crippen LogP contribution in [0.3, 0.4) is 0 Å². The first-order valence-corrected chi connectivity index (χ1v) is 15.8. The van der Waals surface area contributed by atoms with Crippen molar-refractivity contribution < 1.29 is 47.0 Å². The minimum absolute atomic E-state index is 0. The highest BCUT2D eigenvalue weighted by atomic mass is 35.5. The summed E-state index contributed by atoms with van der Waals surface area (Å²) in [6.07, 6.45) is 0.496. The Hall–Kier alpha value is -5.11. The zero-order valence-corrected chi connectivity index (χ0v) is 28.5. The summed E-state index contributed by atoms with van der Waals surface area (Å²) in [6, 6.07) is 10.6. The molecule has 2 heterocycles. The van der Waals surface area contributed by atoms with E-state index in [1.54, 1.807) is 31.4 Å². The monoisotopic (exact) mass is 769 g/mol. The molecule has 4 rings (SSSR count). The summed E-state index contributed by atoms with van der Waals surface area (Å²) in [5.74, 6) is -2.66. The molecule has 0 fully saturated rings. The van der Waals surface area contributed by atoms with E-state index in [-0.39, 0.29) is 79.2 Å². The fourth-order valence-electron chi connectivity index (χ4n) is 3.22. The lowest BCUT2D eigenvalue weighted by Crippen LogP contribution is -2.11. The van der Waals surface area contributed by atoms with E-state index in [9.17, 15) is 32.8 Å². The Balaban J connectivity index is 0. The van der Waals surface area contributed by atoms with Gasteiger partial charge in [0.1, 0.15) is 34.4 Å². The van der Waals surface area contributed by atoms with Crippen molar-refractivity contribution in [3.63, 3.8) is 0 Å². The number of nitrogens with zero attached hydrogens (tertiary/aromatic N) is 2. The number of hydrogen-bond donors (Lipinski definition) is 2. The van der Waals surface area contributed by atoms with Crippen LogP contribution in [0.1, 0.15) is 57.6 Å². The molecule has 0 saturated carbocycles. The van der Waals surface area contributed by atoms with Gasteiger partial charge in [0, 0.05) is 22.9 Å². The minimum atomic E-state index is -0.597. The zero-order valence-electron chi connectivity index (χ0n) is 26.1. The first kappa shape index (κ1) is 48.0. The number of halogens is 3. The van der Waals surface area contributed by atoms with Crippen LogP contribution in [0.15, 0.2) is 57.1 Å². The van der Waals surface area contributed by atoms with E-state index in [0.29, 0.717) is 35.6 Å². The maximum absolute atomic E-state index is 13.2. The Morgan fingerprint density at radius 1 is 1.08 bits per heavy atom. The molecule has 0 radical (unpaired) electrons. The average molecular weight is 770 g/mol. The van der Waals surface area contributed by atoms with Crippen LogP contribution >= 0.6 is 35.2 Å². The number of esters is 2. The predicted octanol–water partition coefficient (Wildman–Crippen LogP) is 6.71. The number of aromatic nitrogens is 1. The lowest BCUT2D eigenvalue weighted by molar-refractivity contribution is -0.145. The highest BCUT2D eigenvalue weighted by Gasteiger charge is 2.14. The van der Waals surface area contributed by atoms with Crippen molar-refractivity contribution in [2.75, 3.05) is 19.1 Å². The molecule has 4 aromatic rings. The number of ether oxygens (including phenoxy) is 2. The molecule has 0 bridgehead atoms. The largest absolute Gasteiger partial charge is 0.507 e. The van der Waals surface area contributed by atoms with Gasteiger partial charge in [-0.1, -0.05) is 27.1 Å². The van der Waals surface area contributed by atoms with Crippen molar-refractivity contribution in [1.29, 1.82) is 5.26 Å². The quantitative estimate of drug-likeness (QED) is 0.0431. The van der Waals surface area contributed by atoms with Gasteiger partial charge in [-0.05, 0) is 44.2 Å². The van der Waals surface area contributed by atoms with Gasteiger partial charge in [0.25, 0.3) is 0 Å². The molecule has 0 aliphatic carbocycles. The number of phenols is 1. The minimum Gasteiger partial charge on any atom is -0.507 e. The Morgan fingerprint density at radius 2 is 1.69 bits per heavy atom. The molecular formula is C34H38ClF2N3O9S2. The second-order valence-electron chi connectivity index (χ2n) is 9.03. The van der Waals surface area contributed by atoms with Crippen molar-refractivity contribution >= 4 is 75.1 Å². The lowest BCUT2D eigenvalue weighted by Gasteiger charge is -2.00. The average Bonchev–Trinajstić information content (AvgIpc) is 3.49. The summed E-state index contributed by atoms with van der Waals surface area (Å²) in [6.45, 7) is 4.02. The number of nitriles is 1. The second-order valence-corrected chi connectivity index (χ2v) is 10.7. The molecule has 51 heavy (non-hydrogen) atoms. The van der Waals surface area contributed by atoms with E-state index in [1.807, 2.05) is 0 Å². The zero-order chi connectivity index (χ0) is 36.9. The molecule has 12 nitrogen and oxygen atoms in total. The number of rotatable bonds is 10. The van der Waals surface area contributed by atoms with E-state index in [0.717, 1.165) is 18.2 Å². The number of alkyl halides is 1. The fourth-order valence-corrected chi connectivity index (χ4v) is 4.20. The van der Waals surface area contributed by atoms with Gasteiger partial charge in [0.15, 0.2) is 12.1 Å². The Morgan fingerprint density at radius 3 is 2.22 bits per heavy atom. The van der Waals surface area contributed by atoms with E-state index >= 15 is 0 Å². The molecule has 2 aromatic heterocycles. The van der Waals surface area contributed by atoms with Crippen molar-refractivity contribution in [2.45, 2.75) is 48.0 Å². The summed E-state index contributed by atoms with van der Waals surface area (Å²) in [4.78, 5) is 59.1. The molecule has 2 aromatic carbocycles. The number of carbonyl (C=O) groups excluding carboxylic acids is 4. The van der Waals surface area contributed by atoms with Gasteiger partial charge >= 0.3 is 17.6 Å². The Bertz CT molecular complexity index is 1860. The van der Waals surface area contributed by atoms with E-state index in [4.69, 9.17) is 36.9 Å². The number of Topliss-reactive ketones (excluding diaryl/α,β-unsaturated/α-hetero) is 1. The van der Waals surface area contributed by atoms with Crippen LogP contribution in [-0.4, -0.2) is 58.2 Å². The molecule has 0 saturated heterocycles. The van der Waals surface area contributed by atoms with Crippen LogP contribution in [0.25, 0.3) is 21.5 Å². The van der Waals surface area contributed by atoms with Gasteiger partial charge in [-0.25, -0.2) is 18.6 Å². The van der Waals surface area contributed by atoms with Gasteiger partial charge in [-0.3, -0.25) is 19.2 Å². The van der Waals surface area contributed by atoms with Gasteiger partial charge in [-0.2, -0.15) is 5.26 Å². The first-order valence-electron chi connectivity index (χ1n) is 13.9. The summed E-state index contributed by atoms with van der Waals surface area (Å²) >= 11 is 10.7. The number of aromatic hydroxyl groups is 1. The standard InChI is InChI=1S/C16H12FNO4S.C7H5FO2.C6H9ClO3.C3H4N2S.2CH4/c1-2-21-14(19)7-11-8-23-15(18-11)12-5-9-3-4-10(17)6-13(9)22-16(12)20;8-6-2-1-5(4-9)7(10)3-6;1-2-10-6(9)3-5(8)4-7;4-2-1-3(5)6;;/h3-6,8H,2,7H2,1H3;1-4,10H;2-4H2,1H3;1H2,(H2,5,6);2*1H4. The van der Waals surface area contributed by atoms with E-state index in [2.05, 4.69) is 21.9 Å². The molecule has 0 unspecified atom stereocenters. The SMILES string of the molecule is C.C.CCOC(=O)CC(=O)CCl.CCOC(=O)Cc1csc(-c2cc3ccc(F)cc3oc2=O)n1.N#CCC(N)=S.O=Cc1ccc(F)cc1O. The number of thiocarbonyl (C=S) groups is 1. The van der Waals surface area contributed by atoms with Crippen molar-refractivity contribution in [1.82, 2.24) is 4.98 Å². The number of thiazole rings is 1. The fraction of sp³-hybridized carbons (Fsp3) is 0.294. The first-order chi connectivity index (χ1) is 23.3. The normalized spacial score (nSPS) is 9.25. The number of benzene rings is 2. The summed E-state index contributed by atoms with van der Waals surface area (Å²) < 4.78 is 39.9. The number of ketones is 1. The van der Waals surface area contributed by atoms with Crippen molar-refractivity contribution in [2.24, 2.45) is 5.73 Å². The van der Waals surface area contributed by atoms with Crippen LogP contribution in [0.5, 0.6) is 5.75 Å². The number of fused-ring (bicyclic) bond motifs is 1. The Kier molecular flexibility index (Phi) is 24.3. The number of carbonyl (C=O) groups is 4. The van der Waals surface area contributed by atoms with Crippen LogP contribution in [0.4, 0.5) is 8.78 Å². The molecule has 0 amide bonds. The number of hydrogen-bond acceptors (Lipinski definition) is 13. The number of nitrogens with two attached hydrogens (primary N) is 1. The summed E-state index contributed by atoms with van der Waals surface area (Å²) in [5.41, 5.74) is 5.41. The van der Waals surface area contributed by atoms with Crippen LogP contribution in [0.2, 0.25) is 0 Å². The van der Waals surface area contributed by atoms with Crippen LogP contribution in [0, 0.1) is 23.0 Å². The van der Waals surface area contributed by atoms with E-state index in [1.165, 1.54) is 29.5 Å². The maximum Gasteiger partial charge on any atom is 0.346 e. The molecule has 17 heteroatoms. The van der Waals surface area contributed by atoms with Gasteiger partial charge < -0.3 is 24.7 Å². The van der Waals surface area contributed by atoms with Crippen molar-refractivity contribution in [3.8, 4) is 22.4 Å². The topological polar surface area (TPSA) is 200 Å². The molecule has 0 atom stereocenters. The van der Waals surface area contributed by atoms with Gasteiger partial charge in [-0.15, -0.1) is 22.9 Å². The molecular weight excluding hydrogens is 732 g/mol. The lowest BCUT2D eigenvalue weighted by atomic mass is 10.2. The third-order valence-electron chi connectivity index (χ3n) is 5.28. The smallest absolute Gasteiger partial charge is 0.346 e. The van der Waals surface area contributed by atoms with Crippen LogP contribution < -0.4 is 11.4 Å². The predicted molar refractivity (Wildman–Crippen MR) is 195 cm³/mol. The van der Waals surface area contributed by atoms with Gasteiger partial charge in [0.2, 0.25) is 0 Å².